The molecule has 1 aromatic carbocycles. The number of hydrogen-bond acceptors (Lipinski definition) is 3. The number of hydrogen-bond donors (Lipinski definition) is 4. The monoisotopic (exact) mass is 281 g/mol. The van der Waals surface area contributed by atoms with Gasteiger partial charge in [-0.1, -0.05) is 12.1 Å². The van der Waals surface area contributed by atoms with Crippen LogP contribution in [-0.4, -0.2) is 47.9 Å². The highest BCUT2D eigenvalue weighted by Crippen LogP contribution is 2.15. The molecule has 4 N–H and O–H groups in total. The third-order valence-corrected chi connectivity index (χ3v) is 1.90. The summed E-state index contributed by atoms with van der Waals surface area (Å²) in [5.41, 5.74) is 0.582. The number of nitrogens with zero attached hydrogens (tertiary/aromatic N) is 1. The minimum Gasteiger partial charge on any atom is -0.508 e. The first-order valence-corrected chi connectivity index (χ1v) is 5.71. The van der Waals surface area contributed by atoms with Gasteiger partial charge in [0.05, 0.1) is 0 Å². The summed E-state index contributed by atoms with van der Waals surface area (Å²) in [5.74, 6) is 0.136. The summed E-state index contributed by atoms with van der Waals surface area (Å²) in [6.07, 6.45) is 0.466. The Hall–Kier alpha value is -2.70. The summed E-state index contributed by atoms with van der Waals surface area (Å²) in [5, 5.41) is 21.7. The molecule has 0 saturated carbocycles. The van der Waals surface area contributed by atoms with Crippen molar-refractivity contribution in [2.45, 2.75) is 0 Å². The van der Waals surface area contributed by atoms with E-state index in [1.54, 1.807) is 32.3 Å². The van der Waals surface area contributed by atoms with Gasteiger partial charge >= 0.3 is 12.1 Å². The van der Waals surface area contributed by atoms with Gasteiger partial charge in [0.25, 0.3) is 0 Å². The molecule has 110 valence electrons. The van der Waals surface area contributed by atoms with Crippen LogP contribution in [-0.2, 0) is 0 Å². The van der Waals surface area contributed by atoms with Crippen LogP contribution < -0.4 is 10.6 Å². The third kappa shape index (κ3) is 8.40. The normalized spacial score (nSPS) is 8.70. The van der Waals surface area contributed by atoms with Crippen LogP contribution in [0.3, 0.4) is 0 Å². The molecule has 0 aliphatic heterocycles. The third-order valence-electron chi connectivity index (χ3n) is 1.90. The maximum Gasteiger partial charge on any atom is 0.404 e. The van der Waals surface area contributed by atoms with Crippen LogP contribution in [0.15, 0.2) is 36.9 Å². The molecule has 20 heavy (non-hydrogen) atoms. The van der Waals surface area contributed by atoms with Gasteiger partial charge in [-0.15, -0.1) is 6.58 Å². The number of carboxylic acid groups (broad SMARTS) is 1. The molecule has 1 rings (SSSR count). The molecular formula is C13H19N3O4. The van der Waals surface area contributed by atoms with E-state index in [4.69, 9.17) is 10.2 Å². The largest absolute Gasteiger partial charge is 0.508 e. The lowest BCUT2D eigenvalue weighted by Gasteiger charge is -2.11. The predicted molar refractivity (Wildman–Crippen MR) is 77.0 cm³/mol. The molecule has 0 bridgehead atoms. The van der Waals surface area contributed by atoms with Gasteiger partial charge in [0, 0.05) is 32.4 Å². The van der Waals surface area contributed by atoms with Crippen molar-refractivity contribution in [3.63, 3.8) is 0 Å². The minimum absolute atomic E-state index is 0.136. The highest BCUT2D eigenvalue weighted by atomic mass is 16.4. The Labute approximate surface area is 117 Å². The van der Waals surface area contributed by atoms with E-state index in [1.165, 1.54) is 17.0 Å². The Morgan fingerprint density at radius 2 is 2.05 bits per heavy atom. The first kappa shape index (κ1) is 17.3. The SMILES string of the molecule is C=CCNC(=O)O.CN(C)C(=O)Nc1cccc(O)c1. The molecule has 3 amide bonds. The number of benzene rings is 1. The van der Waals surface area contributed by atoms with Crippen molar-refractivity contribution in [2.75, 3.05) is 26.0 Å². The maximum atomic E-state index is 11.2. The van der Waals surface area contributed by atoms with Gasteiger partial charge in [-0.2, -0.15) is 0 Å². The Morgan fingerprint density at radius 3 is 2.45 bits per heavy atom. The predicted octanol–water partition coefficient (Wildman–Crippen LogP) is 1.93. The van der Waals surface area contributed by atoms with Gasteiger partial charge < -0.3 is 25.7 Å². The summed E-state index contributed by atoms with van der Waals surface area (Å²) < 4.78 is 0. The molecule has 0 aromatic heterocycles. The van der Waals surface area contributed by atoms with Gasteiger partial charge in [-0.05, 0) is 12.1 Å². The lowest BCUT2D eigenvalue weighted by Crippen LogP contribution is -2.27. The zero-order valence-electron chi connectivity index (χ0n) is 11.5. The van der Waals surface area contributed by atoms with Crippen LogP contribution in [0.4, 0.5) is 15.3 Å². The Bertz CT molecular complexity index is 461. The van der Waals surface area contributed by atoms with E-state index in [2.05, 4.69) is 17.2 Å². The molecule has 0 radical (unpaired) electrons. The number of urea groups is 1. The first-order chi connectivity index (χ1) is 9.36. The lowest BCUT2D eigenvalue weighted by atomic mass is 10.3. The summed E-state index contributed by atoms with van der Waals surface area (Å²) in [6, 6.07) is 6.19. The fourth-order valence-electron chi connectivity index (χ4n) is 0.978. The Morgan fingerprint density at radius 1 is 1.40 bits per heavy atom. The fourth-order valence-corrected chi connectivity index (χ4v) is 0.978. The van der Waals surface area contributed by atoms with Crippen LogP contribution in [0.25, 0.3) is 0 Å². The number of nitrogens with one attached hydrogen (secondary N) is 2. The standard InChI is InChI=1S/C9H12N2O2.C4H7NO2/c1-11(2)9(13)10-7-4-3-5-8(12)6-7;1-2-3-5-4(6)7/h3-6,12H,1-2H3,(H,10,13);2,5H,1,3H2,(H,6,7). The summed E-state index contributed by atoms with van der Waals surface area (Å²) in [6.45, 7) is 3.62. The second-order valence-electron chi connectivity index (χ2n) is 3.85. The lowest BCUT2D eigenvalue weighted by molar-refractivity contribution is 0.195. The number of anilines is 1. The number of aromatic hydroxyl groups is 1. The molecule has 0 aliphatic carbocycles. The number of rotatable bonds is 3. The zero-order valence-corrected chi connectivity index (χ0v) is 11.5. The van der Waals surface area contributed by atoms with Crippen LogP contribution in [0.1, 0.15) is 0 Å². The molecule has 7 nitrogen and oxygen atoms in total. The second-order valence-corrected chi connectivity index (χ2v) is 3.85. The molecule has 0 saturated heterocycles. The van der Waals surface area contributed by atoms with Crippen LogP contribution in [0.5, 0.6) is 5.75 Å². The molecule has 1 aromatic rings. The number of carbonyl (C=O) groups is 2. The highest BCUT2D eigenvalue weighted by Gasteiger charge is 2.03. The molecule has 0 unspecified atom stereocenters. The van der Waals surface area contributed by atoms with Crippen molar-refractivity contribution >= 4 is 17.8 Å². The van der Waals surface area contributed by atoms with Crippen molar-refractivity contribution in [2.24, 2.45) is 0 Å². The maximum absolute atomic E-state index is 11.2. The molecule has 0 aliphatic rings. The average molecular weight is 281 g/mol. The second kappa shape index (κ2) is 9.26. The number of amides is 3. The average Bonchev–Trinajstić information content (AvgIpc) is 2.37. The fraction of sp³-hybridized carbons (Fsp3) is 0.231. The van der Waals surface area contributed by atoms with E-state index in [0.717, 1.165) is 0 Å². The molecule has 0 heterocycles. The Balaban J connectivity index is 0.000000441. The van der Waals surface area contributed by atoms with Gasteiger partial charge in [0.15, 0.2) is 0 Å². The first-order valence-electron chi connectivity index (χ1n) is 5.71. The molecule has 0 fully saturated rings. The van der Waals surface area contributed by atoms with Crippen molar-refractivity contribution in [3.05, 3.63) is 36.9 Å². The van der Waals surface area contributed by atoms with Gasteiger partial charge in [0.1, 0.15) is 5.75 Å². The quantitative estimate of drug-likeness (QED) is 0.636. The van der Waals surface area contributed by atoms with Crippen molar-refractivity contribution < 1.29 is 19.8 Å². The smallest absolute Gasteiger partial charge is 0.404 e. The number of carbonyl (C=O) groups excluding carboxylic acids is 1. The van der Waals surface area contributed by atoms with Crippen LogP contribution in [0.2, 0.25) is 0 Å². The summed E-state index contributed by atoms with van der Waals surface area (Å²) in [4.78, 5) is 22.2. The van der Waals surface area contributed by atoms with Crippen molar-refractivity contribution in [1.82, 2.24) is 10.2 Å². The number of phenolic OH excluding ortho intramolecular Hbond substituents is 1. The summed E-state index contributed by atoms with van der Waals surface area (Å²) >= 11 is 0. The minimum atomic E-state index is -1.01. The van der Waals surface area contributed by atoms with Gasteiger partial charge in [-0.3, -0.25) is 0 Å². The van der Waals surface area contributed by atoms with Crippen molar-refractivity contribution in [3.8, 4) is 5.75 Å². The van der Waals surface area contributed by atoms with E-state index in [1.807, 2.05) is 0 Å². The van der Waals surface area contributed by atoms with Crippen LogP contribution >= 0.6 is 0 Å². The number of phenols is 1. The van der Waals surface area contributed by atoms with E-state index >= 15 is 0 Å². The van der Waals surface area contributed by atoms with E-state index in [0.29, 0.717) is 12.2 Å². The highest BCUT2D eigenvalue weighted by molar-refractivity contribution is 5.89. The molecule has 7 heteroatoms. The molecule has 0 atom stereocenters. The Kier molecular flexibility index (Phi) is 8.01. The van der Waals surface area contributed by atoms with Crippen LogP contribution in [0, 0.1) is 0 Å². The molecular weight excluding hydrogens is 262 g/mol. The van der Waals surface area contributed by atoms with Crippen molar-refractivity contribution in [1.29, 1.82) is 0 Å². The van der Waals surface area contributed by atoms with E-state index in [-0.39, 0.29) is 11.8 Å². The van der Waals surface area contributed by atoms with Gasteiger partial charge in [0.2, 0.25) is 0 Å². The zero-order chi connectivity index (χ0) is 15.5. The summed E-state index contributed by atoms with van der Waals surface area (Å²) in [7, 11) is 3.30. The van der Waals surface area contributed by atoms with Gasteiger partial charge in [-0.25, -0.2) is 9.59 Å². The topological polar surface area (TPSA) is 102 Å². The van der Waals surface area contributed by atoms with E-state index < -0.39 is 6.09 Å². The van der Waals surface area contributed by atoms with E-state index in [9.17, 15) is 9.59 Å². The molecule has 0 spiro atoms.